The maximum Gasteiger partial charge on any atom is 0.239 e. The normalized spacial score (nSPS) is 19.7. The molecule has 1 aromatic rings. The second-order valence-electron chi connectivity index (χ2n) is 7.09. The van der Waals surface area contributed by atoms with Gasteiger partial charge in [-0.1, -0.05) is 0 Å². The van der Waals surface area contributed by atoms with Gasteiger partial charge >= 0.3 is 0 Å². The lowest BCUT2D eigenvalue weighted by Gasteiger charge is -2.39. The van der Waals surface area contributed by atoms with E-state index in [-0.39, 0.29) is 35.9 Å². The van der Waals surface area contributed by atoms with Crippen molar-refractivity contribution < 1.29 is 4.79 Å². The summed E-state index contributed by atoms with van der Waals surface area (Å²) in [5.41, 5.74) is 0. The summed E-state index contributed by atoms with van der Waals surface area (Å²) in [5, 5.41) is 3.39. The van der Waals surface area contributed by atoms with E-state index in [0.717, 1.165) is 63.9 Å². The molecule has 2 fully saturated rings. The highest BCUT2D eigenvalue weighted by atomic mass is 127. The van der Waals surface area contributed by atoms with Gasteiger partial charge in [-0.05, 0) is 19.8 Å². The van der Waals surface area contributed by atoms with Crippen molar-refractivity contribution in [1.82, 2.24) is 29.6 Å². The molecule has 1 aromatic heterocycles. The molecule has 1 atom stereocenters. The zero-order valence-electron chi connectivity index (χ0n) is 16.6. The third-order valence-corrected chi connectivity index (χ3v) is 5.47. The van der Waals surface area contributed by atoms with Gasteiger partial charge in [0.1, 0.15) is 5.82 Å². The monoisotopic (exact) mass is 489 g/mol. The lowest BCUT2D eigenvalue weighted by Crippen LogP contribution is -2.57. The molecule has 0 saturated carbocycles. The summed E-state index contributed by atoms with van der Waals surface area (Å²) >= 11 is 0. The predicted molar refractivity (Wildman–Crippen MR) is 117 cm³/mol. The number of amides is 1. The van der Waals surface area contributed by atoms with Crippen molar-refractivity contribution in [2.45, 2.75) is 32.4 Å². The van der Waals surface area contributed by atoms with E-state index in [9.17, 15) is 4.79 Å². The fourth-order valence-corrected chi connectivity index (χ4v) is 3.74. The maximum absolute atomic E-state index is 12.6. The molecule has 0 radical (unpaired) electrons. The number of piperazine rings is 1. The Morgan fingerprint density at radius 3 is 2.41 bits per heavy atom. The summed E-state index contributed by atoms with van der Waals surface area (Å²) in [6.07, 6.45) is 6.03. The third-order valence-electron chi connectivity index (χ3n) is 5.47. The van der Waals surface area contributed by atoms with Gasteiger partial charge in [0.2, 0.25) is 5.91 Å². The van der Waals surface area contributed by atoms with Crippen LogP contribution in [0.3, 0.4) is 0 Å². The van der Waals surface area contributed by atoms with Gasteiger partial charge in [0.25, 0.3) is 0 Å². The molecule has 152 valence electrons. The summed E-state index contributed by atoms with van der Waals surface area (Å²) in [4.78, 5) is 27.9. The third kappa shape index (κ3) is 5.34. The number of aryl methyl sites for hydroxylation is 1. The first-order valence-electron chi connectivity index (χ1n) is 9.55. The van der Waals surface area contributed by atoms with Crippen LogP contribution in [0.2, 0.25) is 0 Å². The average molecular weight is 489 g/mol. The molecule has 3 heterocycles. The van der Waals surface area contributed by atoms with E-state index in [0.29, 0.717) is 6.54 Å². The minimum absolute atomic E-state index is 0. The molecule has 0 bridgehead atoms. The van der Waals surface area contributed by atoms with Crippen LogP contribution in [0.1, 0.15) is 25.6 Å². The lowest BCUT2D eigenvalue weighted by atomic mass is 10.2. The molecule has 1 N–H and O–H groups in total. The fraction of sp³-hybridized carbons (Fsp3) is 0.722. The maximum atomic E-state index is 12.6. The fourth-order valence-electron chi connectivity index (χ4n) is 3.74. The van der Waals surface area contributed by atoms with Crippen molar-refractivity contribution in [3.8, 4) is 0 Å². The zero-order chi connectivity index (χ0) is 18.5. The van der Waals surface area contributed by atoms with Gasteiger partial charge in [0.05, 0.1) is 12.6 Å². The summed E-state index contributed by atoms with van der Waals surface area (Å²) in [7, 11) is 3.80. The van der Waals surface area contributed by atoms with Crippen LogP contribution in [-0.2, 0) is 18.4 Å². The van der Waals surface area contributed by atoms with Gasteiger partial charge in [-0.3, -0.25) is 14.7 Å². The van der Waals surface area contributed by atoms with Crippen LogP contribution in [-0.4, -0.2) is 88.5 Å². The van der Waals surface area contributed by atoms with Gasteiger partial charge in [-0.2, -0.15) is 0 Å². The first kappa shape index (κ1) is 21.9. The van der Waals surface area contributed by atoms with Crippen molar-refractivity contribution in [2.75, 3.05) is 46.3 Å². The molecule has 2 aliphatic heterocycles. The largest absolute Gasteiger partial charge is 0.349 e. The number of nitrogens with zero attached hydrogens (tertiary/aromatic N) is 6. The molecule has 27 heavy (non-hydrogen) atoms. The highest BCUT2D eigenvalue weighted by Gasteiger charge is 2.30. The quantitative estimate of drug-likeness (QED) is 0.384. The number of rotatable bonds is 4. The molecule has 0 aliphatic carbocycles. The molecular formula is C18H32IN7O. The first-order valence-corrected chi connectivity index (χ1v) is 9.55. The van der Waals surface area contributed by atoms with E-state index in [2.05, 4.69) is 25.1 Å². The molecule has 9 heteroatoms. The Kier molecular flexibility index (Phi) is 8.33. The number of hydrogen-bond donors (Lipinski definition) is 1. The van der Waals surface area contributed by atoms with Gasteiger partial charge < -0.3 is 19.7 Å². The first-order chi connectivity index (χ1) is 12.6. The van der Waals surface area contributed by atoms with Crippen molar-refractivity contribution in [3.63, 3.8) is 0 Å². The number of hydrogen-bond acceptors (Lipinski definition) is 4. The Bertz CT molecular complexity index is 633. The van der Waals surface area contributed by atoms with Crippen LogP contribution in [0.4, 0.5) is 0 Å². The number of halogens is 1. The number of likely N-dealkylation sites (tertiary alicyclic amines) is 1. The summed E-state index contributed by atoms with van der Waals surface area (Å²) in [5.74, 6) is 2.16. The number of nitrogens with one attached hydrogen (secondary N) is 1. The lowest BCUT2D eigenvalue weighted by molar-refractivity contribution is -0.135. The Labute approximate surface area is 179 Å². The van der Waals surface area contributed by atoms with Crippen LogP contribution in [0.5, 0.6) is 0 Å². The highest BCUT2D eigenvalue weighted by molar-refractivity contribution is 14.0. The summed E-state index contributed by atoms with van der Waals surface area (Å²) in [6, 6.07) is -0.0298. The second-order valence-corrected chi connectivity index (χ2v) is 7.09. The number of guanidine groups is 1. The Balaban J connectivity index is 0.00000261. The number of carbonyl (C=O) groups is 1. The molecule has 1 amide bonds. The van der Waals surface area contributed by atoms with E-state index >= 15 is 0 Å². The van der Waals surface area contributed by atoms with Crippen LogP contribution >= 0.6 is 24.0 Å². The van der Waals surface area contributed by atoms with Crippen LogP contribution in [0.25, 0.3) is 0 Å². The second kappa shape index (κ2) is 10.3. The minimum atomic E-state index is -0.0298. The van der Waals surface area contributed by atoms with Gasteiger partial charge in [-0.25, -0.2) is 4.98 Å². The Morgan fingerprint density at radius 2 is 1.85 bits per heavy atom. The predicted octanol–water partition coefficient (Wildman–Crippen LogP) is 0.742. The van der Waals surface area contributed by atoms with Crippen molar-refractivity contribution in [2.24, 2.45) is 12.0 Å². The highest BCUT2D eigenvalue weighted by Crippen LogP contribution is 2.14. The van der Waals surface area contributed by atoms with Crippen molar-refractivity contribution >= 4 is 35.8 Å². The number of imidazole rings is 1. The summed E-state index contributed by atoms with van der Waals surface area (Å²) < 4.78 is 2.00. The number of aromatic nitrogens is 2. The molecule has 1 unspecified atom stereocenters. The van der Waals surface area contributed by atoms with E-state index in [1.165, 1.54) is 0 Å². The molecule has 0 aromatic carbocycles. The molecule has 2 saturated heterocycles. The van der Waals surface area contributed by atoms with Crippen molar-refractivity contribution in [3.05, 3.63) is 18.2 Å². The number of carbonyl (C=O) groups excluding carboxylic acids is 1. The van der Waals surface area contributed by atoms with Gasteiger partial charge in [0, 0.05) is 65.8 Å². The average Bonchev–Trinajstić information content (AvgIpc) is 3.34. The molecule has 2 aliphatic rings. The van der Waals surface area contributed by atoms with E-state index in [1.807, 2.05) is 36.7 Å². The van der Waals surface area contributed by atoms with Crippen LogP contribution in [0.15, 0.2) is 17.4 Å². The summed E-state index contributed by atoms with van der Waals surface area (Å²) in [6.45, 7) is 8.05. The molecule has 0 spiro atoms. The van der Waals surface area contributed by atoms with E-state index in [1.54, 1.807) is 6.20 Å². The SMILES string of the molecule is CN=C(NCc1nccn1C)N1CCN(C(C)C(=O)N2CCCC2)CC1.I. The van der Waals surface area contributed by atoms with Crippen LogP contribution < -0.4 is 5.32 Å². The zero-order valence-corrected chi connectivity index (χ0v) is 18.9. The van der Waals surface area contributed by atoms with Crippen molar-refractivity contribution in [1.29, 1.82) is 0 Å². The molecular weight excluding hydrogens is 457 g/mol. The topological polar surface area (TPSA) is 69.0 Å². The molecule has 3 rings (SSSR count). The van der Waals surface area contributed by atoms with Gasteiger partial charge in [0.15, 0.2) is 5.96 Å². The van der Waals surface area contributed by atoms with Crippen LogP contribution in [0, 0.1) is 0 Å². The molecule has 8 nitrogen and oxygen atoms in total. The smallest absolute Gasteiger partial charge is 0.239 e. The Hall–Kier alpha value is -1.36. The standard InChI is InChI=1S/C18H31N7O.HI/c1-15(17(26)24-7-4-5-8-24)23-10-12-25(13-11-23)18(19-2)21-14-16-20-6-9-22(16)3;/h6,9,15H,4-5,7-8,10-14H2,1-3H3,(H,19,21);1H. The minimum Gasteiger partial charge on any atom is -0.349 e. The Morgan fingerprint density at radius 1 is 1.19 bits per heavy atom. The van der Waals surface area contributed by atoms with Gasteiger partial charge in [-0.15, -0.1) is 24.0 Å². The van der Waals surface area contributed by atoms with E-state index in [4.69, 9.17) is 0 Å². The number of aliphatic imine (C=N–C) groups is 1. The van der Waals surface area contributed by atoms with E-state index < -0.39 is 0 Å².